The standard InChI is InChI=1S/C17H34N2O/c1-4-18-13-17(9-7-5-6-8-10-17)14-19-11-16(3)20-12-15(19)2/h15-16,18H,4-14H2,1-3H3. The van der Waals surface area contributed by atoms with Crippen LogP contribution in [0.15, 0.2) is 0 Å². The zero-order valence-corrected chi connectivity index (χ0v) is 13.8. The summed E-state index contributed by atoms with van der Waals surface area (Å²) in [5.74, 6) is 0. The lowest BCUT2D eigenvalue weighted by Gasteiger charge is -2.44. The van der Waals surface area contributed by atoms with Gasteiger partial charge < -0.3 is 10.1 Å². The van der Waals surface area contributed by atoms with Crippen molar-refractivity contribution in [2.75, 3.05) is 32.8 Å². The Morgan fingerprint density at radius 1 is 1.15 bits per heavy atom. The normalized spacial score (nSPS) is 31.9. The molecule has 2 fully saturated rings. The number of ether oxygens (including phenoxy) is 1. The van der Waals surface area contributed by atoms with Crippen LogP contribution in [-0.4, -0.2) is 49.8 Å². The summed E-state index contributed by atoms with van der Waals surface area (Å²) in [7, 11) is 0. The molecule has 0 aromatic rings. The van der Waals surface area contributed by atoms with Crippen molar-refractivity contribution in [2.45, 2.75) is 71.4 Å². The molecular weight excluding hydrogens is 248 g/mol. The smallest absolute Gasteiger partial charge is 0.0674 e. The fourth-order valence-corrected chi connectivity index (χ4v) is 3.88. The van der Waals surface area contributed by atoms with Crippen LogP contribution < -0.4 is 5.32 Å². The minimum absolute atomic E-state index is 0.396. The molecule has 2 rings (SSSR count). The summed E-state index contributed by atoms with van der Waals surface area (Å²) in [5.41, 5.74) is 0.498. The third kappa shape index (κ3) is 4.44. The molecule has 2 unspecified atom stereocenters. The van der Waals surface area contributed by atoms with E-state index in [0.29, 0.717) is 17.6 Å². The van der Waals surface area contributed by atoms with Crippen molar-refractivity contribution in [2.24, 2.45) is 5.41 Å². The quantitative estimate of drug-likeness (QED) is 0.784. The van der Waals surface area contributed by atoms with E-state index in [1.54, 1.807) is 0 Å². The number of hydrogen-bond acceptors (Lipinski definition) is 3. The zero-order chi connectivity index (χ0) is 14.4. The van der Waals surface area contributed by atoms with Crippen LogP contribution in [0.1, 0.15) is 59.3 Å². The molecule has 0 amide bonds. The third-order valence-electron chi connectivity index (χ3n) is 5.19. The maximum absolute atomic E-state index is 5.79. The monoisotopic (exact) mass is 282 g/mol. The van der Waals surface area contributed by atoms with E-state index in [1.807, 2.05) is 0 Å². The van der Waals surface area contributed by atoms with Gasteiger partial charge in [-0.05, 0) is 38.6 Å². The Balaban J connectivity index is 2.01. The second-order valence-electron chi connectivity index (χ2n) is 7.12. The fourth-order valence-electron chi connectivity index (χ4n) is 3.88. The first-order valence-electron chi connectivity index (χ1n) is 8.71. The van der Waals surface area contributed by atoms with Crippen molar-refractivity contribution in [3.05, 3.63) is 0 Å². The highest BCUT2D eigenvalue weighted by atomic mass is 16.5. The lowest BCUT2D eigenvalue weighted by Crippen LogP contribution is -2.53. The molecule has 118 valence electrons. The van der Waals surface area contributed by atoms with Crippen LogP contribution in [0.4, 0.5) is 0 Å². The first kappa shape index (κ1) is 16.3. The van der Waals surface area contributed by atoms with Crippen molar-refractivity contribution in [3.63, 3.8) is 0 Å². The van der Waals surface area contributed by atoms with Gasteiger partial charge in [0.25, 0.3) is 0 Å². The van der Waals surface area contributed by atoms with Crippen LogP contribution in [0.3, 0.4) is 0 Å². The van der Waals surface area contributed by atoms with Crippen molar-refractivity contribution in [1.82, 2.24) is 10.2 Å². The van der Waals surface area contributed by atoms with Crippen LogP contribution in [0.2, 0.25) is 0 Å². The molecule has 1 aliphatic carbocycles. The Hall–Kier alpha value is -0.120. The summed E-state index contributed by atoms with van der Waals surface area (Å²) in [4.78, 5) is 2.69. The van der Waals surface area contributed by atoms with Gasteiger partial charge in [-0.2, -0.15) is 0 Å². The van der Waals surface area contributed by atoms with Gasteiger partial charge in [0.15, 0.2) is 0 Å². The number of nitrogens with zero attached hydrogens (tertiary/aromatic N) is 1. The molecule has 2 atom stereocenters. The van der Waals surface area contributed by atoms with Crippen molar-refractivity contribution < 1.29 is 4.74 Å². The highest BCUT2D eigenvalue weighted by Gasteiger charge is 2.35. The van der Waals surface area contributed by atoms with Gasteiger partial charge in [-0.1, -0.05) is 32.6 Å². The van der Waals surface area contributed by atoms with E-state index in [1.165, 1.54) is 51.6 Å². The summed E-state index contributed by atoms with van der Waals surface area (Å²) < 4.78 is 5.79. The van der Waals surface area contributed by atoms with E-state index in [2.05, 4.69) is 31.0 Å². The Morgan fingerprint density at radius 3 is 2.50 bits per heavy atom. The minimum atomic E-state index is 0.396. The van der Waals surface area contributed by atoms with Gasteiger partial charge in [0, 0.05) is 25.7 Å². The summed E-state index contributed by atoms with van der Waals surface area (Å²) in [6.45, 7) is 12.3. The Morgan fingerprint density at radius 2 is 1.85 bits per heavy atom. The first-order chi connectivity index (χ1) is 9.65. The molecule has 1 saturated carbocycles. The Labute approximate surface area is 125 Å². The fraction of sp³-hybridized carbons (Fsp3) is 1.00. The van der Waals surface area contributed by atoms with Gasteiger partial charge in [-0.25, -0.2) is 0 Å². The summed E-state index contributed by atoms with van der Waals surface area (Å²) in [5, 5.41) is 3.64. The molecule has 0 radical (unpaired) electrons. The maximum atomic E-state index is 5.79. The van der Waals surface area contributed by atoms with E-state index in [9.17, 15) is 0 Å². The molecule has 0 bridgehead atoms. The molecule has 3 heteroatoms. The molecule has 1 aliphatic heterocycles. The summed E-state index contributed by atoms with van der Waals surface area (Å²) >= 11 is 0. The van der Waals surface area contributed by atoms with Crippen molar-refractivity contribution >= 4 is 0 Å². The molecule has 1 saturated heterocycles. The highest BCUT2D eigenvalue weighted by molar-refractivity contribution is 4.89. The molecule has 0 aromatic carbocycles. The van der Waals surface area contributed by atoms with E-state index >= 15 is 0 Å². The summed E-state index contributed by atoms with van der Waals surface area (Å²) in [6.07, 6.45) is 8.90. The molecule has 20 heavy (non-hydrogen) atoms. The van der Waals surface area contributed by atoms with Gasteiger partial charge in [-0.3, -0.25) is 4.90 Å². The second-order valence-corrected chi connectivity index (χ2v) is 7.12. The SMILES string of the molecule is CCNCC1(CN2CC(C)OCC2C)CCCCCC1. The van der Waals surface area contributed by atoms with E-state index in [0.717, 1.165) is 19.7 Å². The van der Waals surface area contributed by atoms with Gasteiger partial charge in [0.05, 0.1) is 12.7 Å². The van der Waals surface area contributed by atoms with Crippen LogP contribution in [0.5, 0.6) is 0 Å². The number of rotatable bonds is 5. The molecule has 1 heterocycles. The third-order valence-corrected chi connectivity index (χ3v) is 5.19. The van der Waals surface area contributed by atoms with Gasteiger partial charge in [0.1, 0.15) is 0 Å². The molecule has 0 spiro atoms. The second kappa shape index (κ2) is 7.77. The highest BCUT2D eigenvalue weighted by Crippen LogP contribution is 2.36. The van der Waals surface area contributed by atoms with E-state index < -0.39 is 0 Å². The van der Waals surface area contributed by atoms with Crippen LogP contribution >= 0.6 is 0 Å². The molecule has 0 aromatic heterocycles. The van der Waals surface area contributed by atoms with Crippen molar-refractivity contribution in [3.8, 4) is 0 Å². The number of morpholine rings is 1. The molecule has 3 nitrogen and oxygen atoms in total. The van der Waals surface area contributed by atoms with E-state index in [4.69, 9.17) is 4.74 Å². The predicted molar refractivity (Wildman–Crippen MR) is 85.1 cm³/mol. The molecular formula is C17H34N2O. The van der Waals surface area contributed by atoms with Crippen molar-refractivity contribution in [1.29, 1.82) is 0 Å². The van der Waals surface area contributed by atoms with Crippen LogP contribution in [0, 0.1) is 5.41 Å². The van der Waals surface area contributed by atoms with Crippen LogP contribution in [-0.2, 0) is 4.74 Å². The van der Waals surface area contributed by atoms with E-state index in [-0.39, 0.29) is 0 Å². The van der Waals surface area contributed by atoms with Gasteiger partial charge in [-0.15, -0.1) is 0 Å². The summed E-state index contributed by atoms with van der Waals surface area (Å²) in [6, 6.07) is 0.577. The van der Waals surface area contributed by atoms with Gasteiger partial charge >= 0.3 is 0 Å². The average Bonchev–Trinajstić information content (AvgIpc) is 2.67. The number of nitrogens with one attached hydrogen (secondary N) is 1. The Bertz CT molecular complexity index is 274. The first-order valence-corrected chi connectivity index (χ1v) is 8.71. The average molecular weight is 282 g/mol. The largest absolute Gasteiger partial charge is 0.376 e. The Kier molecular flexibility index (Phi) is 6.31. The van der Waals surface area contributed by atoms with Gasteiger partial charge in [0.2, 0.25) is 0 Å². The minimum Gasteiger partial charge on any atom is -0.376 e. The van der Waals surface area contributed by atoms with Crippen LogP contribution in [0.25, 0.3) is 0 Å². The lowest BCUT2D eigenvalue weighted by atomic mass is 9.79. The molecule has 1 N–H and O–H groups in total. The maximum Gasteiger partial charge on any atom is 0.0674 e. The lowest BCUT2D eigenvalue weighted by molar-refractivity contribution is -0.0646. The molecule has 2 aliphatic rings. The number of hydrogen-bond donors (Lipinski definition) is 1. The topological polar surface area (TPSA) is 24.5 Å². The predicted octanol–water partition coefficient (Wildman–Crippen LogP) is 3.05. The zero-order valence-electron chi connectivity index (χ0n) is 13.8.